The van der Waals surface area contributed by atoms with Gasteiger partial charge in [-0.25, -0.2) is 0 Å². The Morgan fingerprint density at radius 1 is 0.333 bits per heavy atom. The molecule has 8 aromatic carbocycles. The largest absolute Gasteiger partial charge is 0.397 e. The Hall–Kier alpha value is -6.64. The van der Waals surface area contributed by atoms with Crippen molar-refractivity contribution in [1.82, 2.24) is 4.98 Å². The summed E-state index contributed by atoms with van der Waals surface area (Å²) in [7, 11) is 0. The molecule has 0 fully saturated rings. The average Bonchev–Trinajstić information content (AvgIpc) is 3.52. The number of para-hydroxylation sites is 2. The summed E-state index contributed by atoms with van der Waals surface area (Å²) < 4.78 is 0. The van der Waals surface area contributed by atoms with E-state index in [-0.39, 0.29) is 0 Å². The van der Waals surface area contributed by atoms with Gasteiger partial charge in [0.15, 0.2) is 0 Å². The van der Waals surface area contributed by atoms with Gasteiger partial charge in [0.05, 0.1) is 22.1 Å². The number of aromatic amines is 1. The predicted octanol–water partition coefficient (Wildman–Crippen LogP) is 12.4. The van der Waals surface area contributed by atoms with E-state index in [1.165, 1.54) is 49.5 Å². The van der Waals surface area contributed by atoms with Gasteiger partial charge in [0.25, 0.3) is 0 Å². The maximum absolute atomic E-state index is 6.80. The first kappa shape index (κ1) is 29.3. The summed E-state index contributed by atoms with van der Waals surface area (Å²) in [5, 5.41) is 6.94. The third-order valence-corrected chi connectivity index (χ3v) is 10.9. The van der Waals surface area contributed by atoms with E-state index in [2.05, 4.69) is 181 Å². The molecule has 0 bridgehead atoms. The van der Waals surface area contributed by atoms with Crippen LogP contribution in [0.2, 0.25) is 0 Å². The van der Waals surface area contributed by atoms with Gasteiger partial charge in [0, 0.05) is 16.3 Å². The van der Waals surface area contributed by atoms with Crippen LogP contribution in [0.1, 0.15) is 22.3 Å². The van der Waals surface area contributed by atoms with Crippen molar-refractivity contribution in [2.75, 3.05) is 5.73 Å². The zero-order valence-electron chi connectivity index (χ0n) is 28.0. The number of benzene rings is 8. The Bertz CT molecular complexity index is 2820. The van der Waals surface area contributed by atoms with Crippen LogP contribution in [0, 0.1) is 0 Å². The van der Waals surface area contributed by atoms with Gasteiger partial charge in [0.2, 0.25) is 0 Å². The number of hydrogen-bond acceptors (Lipinski definition) is 1. The van der Waals surface area contributed by atoms with E-state index < -0.39 is 5.41 Å². The van der Waals surface area contributed by atoms with Crippen molar-refractivity contribution in [3.05, 3.63) is 210 Å². The van der Waals surface area contributed by atoms with Crippen LogP contribution in [-0.2, 0) is 5.41 Å². The highest BCUT2D eigenvalue weighted by atomic mass is 14.7. The lowest BCUT2D eigenvalue weighted by molar-refractivity contribution is 0.768. The lowest BCUT2D eigenvalue weighted by atomic mass is 9.67. The fourth-order valence-electron chi connectivity index (χ4n) is 8.73. The molecule has 3 N–H and O–H groups in total. The molecule has 240 valence electrons. The van der Waals surface area contributed by atoms with Crippen molar-refractivity contribution in [1.29, 1.82) is 0 Å². The maximum Gasteiger partial charge on any atom is 0.0713 e. The number of fused-ring (bicyclic) bond motifs is 10. The molecule has 2 heteroatoms. The molecule has 0 spiro atoms. The number of nitrogen functional groups attached to an aromatic ring is 1. The minimum atomic E-state index is -0.438. The molecule has 0 atom stereocenters. The van der Waals surface area contributed by atoms with Crippen molar-refractivity contribution < 1.29 is 0 Å². The molecule has 0 unspecified atom stereocenters. The summed E-state index contributed by atoms with van der Waals surface area (Å²) in [6.07, 6.45) is 0. The minimum Gasteiger partial charge on any atom is -0.397 e. The number of H-pyrrole nitrogens is 1. The summed E-state index contributed by atoms with van der Waals surface area (Å²) in [4.78, 5) is 3.90. The van der Waals surface area contributed by atoms with Crippen molar-refractivity contribution in [3.63, 3.8) is 0 Å². The van der Waals surface area contributed by atoms with E-state index in [1.807, 2.05) is 12.1 Å². The highest BCUT2D eigenvalue weighted by Gasteiger charge is 2.45. The first-order chi connectivity index (χ1) is 25.2. The molecule has 1 aliphatic rings. The summed E-state index contributed by atoms with van der Waals surface area (Å²) in [5.41, 5.74) is 19.0. The number of nitrogens with two attached hydrogens (primary N) is 1. The molecular formula is C49H34N2. The number of aromatic nitrogens is 1. The van der Waals surface area contributed by atoms with Crippen molar-refractivity contribution in [2.24, 2.45) is 0 Å². The second-order valence-corrected chi connectivity index (χ2v) is 13.5. The molecule has 1 aromatic heterocycles. The zero-order chi connectivity index (χ0) is 33.9. The molecule has 2 nitrogen and oxygen atoms in total. The Labute approximate surface area is 296 Å². The lowest BCUT2D eigenvalue weighted by Gasteiger charge is -2.34. The summed E-state index contributed by atoms with van der Waals surface area (Å²) in [6, 6.07) is 68.2. The smallest absolute Gasteiger partial charge is 0.0713 e. The number of nitrogens with one attached hydrogen (secondary N) is 1. The van der Waals surface area contributed by atoms with Crippen molar-refractivity contribution in [3.8, 4) is 22.3 Å². The lowest BCUT2D eigenvalue weighted by Crippen LogP contribution is -2.28. The molecular weight excluding hydrogens is 617 g/mol. The van der Waals surface area contributed by atoms with E-state index in [1.54, 1.807) is 0 Å². The minimum absolute atomic E-state index is 0.438. The van der Waals surface area contributed by atoms with E-state index in [0.29, 0.717) is 5.69 Å². The molecule has 10 rings (SSSR count). The van der Waals surface area contributed by atoms with Crippen LogP contribution in [0.4, 0.5) is 5.69 Å². The monoisotopic (exact) mass is 650 g/mol. The fourth-order valence-corrected chi connectivity index (χ4v) is 8.73. The van der Waals surface area contributed by atoms with Gasteiger partial charge in [0.1, 0.15) is 0 Å². The first-order valence-electron chi connectivity index (χ1n) is 17.6. The number of hydrogen-bond donors (Lipinski definition) is 2. The second kappa shape index (κ2) is 11.5. The van der Waals surface area contributed by atoms with Gasteiger partial charge >= 0.3 is 0 Å². The van der Waals surface area contributed by atoms with Crippen LogP contribution in [0.15, 0.2) is 188 Å². The van der Waals surface area contributed by atoms with Gasteiger partial charge in [-0.05, 0) is 66.6 Å². The van der Waals surface area contributed by atoms with E-state index in [0.717, 1.165) is 38.3 Å². The SMILES string of the molecule is Nc1cccc2c1[nH]c1c(-c3ccc(C4(c5ccccc5)c5ccccc5-c5ccccc54)cc3)cccc1c1ccccc1c1ccccc21. The molecule has 0 saturated carbocycles. The molecule has 0 amide bonds. The normalized spacial score (nSPS) is 12.9. The van der Waals surface area contributed by atoms with Crippen LogP contribution in [0.5, 0.6) is 0 Å². The Morgan fingerprint density at radius 3 is 1.37 bits per heavy atom. The highest BCUT2D eigenvalue weighted by molar-refractivity contribution is 6.21. The molecule has 0 aliphatic heterocycles. The second-order valence-electron chi connectivity index (χ2n) is 13.5. The summed E-state index contributed by atoms with van der Waals surface area (Å²) in [6.45, 7) is 0. The Morgan fingerprint density at radius 2 is 0.765 bits per heavy atom. The quantitative estimate of drug-likeness (QED) is 0.184. The maximum atomic E-state index is 6.80. The number of anilines is 1. The van der Waals surface area contributed by atoms with Gasteiger partial charge in [-0.1, -0.05) is 182 Å². The number of rotatable bonds is 3. The van der Waals surface area contributed by atoms with Crippen LogP contribution >= 0.6 is 0 Å². The van der Waals surface area contributed by atoms with E-state index in [4.69, 9.17) is 5.73 Å². The van der Waals surface area contributed by atoms with Gasteiger partial charge < -0.3 is 10.7 Å². The van der Waals surface area contributed by atoms with Gasteiger partial charge in [-0.2, -0.15) is 0 Å². The topological polar surface area (TPSA) is 41.8 Å². The van der Waals surface area contributed by atoms with Gasteiger partial charge in [-0.3, -0.25) is 0 Å². The predicted molar refractivity (Wildman–Crippen MR) is 216 cm³/mol. The summed E-state index contributed by atoms with van der Waals surface area (Å²) >= 11 is 0. The van der Waals surface area contributed by atoms with E-state index >= 15 is 0 Å². The third kappa shape index (κ3) is 4.30. The average molecular weight is 651 g/mol. The molecule has 51 heavy (non-hydrogen) atoms. The molecule has 9 aromatic rings. The van der Waals surface area contributed by atoms with Gasteiger partial charge in [-0.15, -0.1) is 0 Å². The van der Waals surface area contributed by atoms with Crippen LogP contribution < -0.4 is 5.73 Å². The highest BCUT2D eigenvalue weighted by Crippen LogP contribution is 2.56. The van der Waals surface area contributed by atoms with Crippen LogP contribution in [0.3, 0.4) is 0 Å². The third-order valence-electron chi connectivity index (χ3n) is 10.9. The molecule has 0 saturated heterocycles. The first-order valence-corrected chi connectivity index (χ1v) is 17.6. The Kier molecular flexibility index (Phi) is 6.59. The Balaban J connectivity index is 1.28. The zero-order valence-corrected chi connectivity index (χ0v) is 28.0. The molecule has 1 aliphatic carbocycles. The van der Waals surface area contributed by atoms with E-state index in [9.17, 15) is 0 Å². The van der Waals surface area contributed by atoms with Crippen LogP contribution in [-0.4, -0.2) is 4.98 Å². The fraction of sp³-hybridized carbons (Fsp3) is 0.0204. The van der Waals surface area contributed by atoms with Crippen molar-refractivity contribution >= 4 is 49.0 Å². The summed E-state index contributed by atoms with van der Waals surface area (Å²) in [5.74, 6) is 0. The molecule has 1 heterocycles. The van der Waals surface area contributed by atoms with Crippen molar-refractivity contribution in [2.45, 2.75) is 5.41 Å². The molecule has 0 radical (unpaired) electrons. The standard InChI is InChI=1S/C49H34N2/c50-46-27-13-24-43-39-19-7-5-17-37(39)36-16-4-6-18-38(36)42-23-12-22-35(47(42)51-48(43)46)32-28-30-34(31-29-32)49(33-14-2-1-3-15-33)44-25-10-8-20-40(44)41-21-9-11-26-45(41)49/h1-31,51H,50H2. The van der Waals surface area contributed by atoms with Crippen LogP contribution in [0.25, 0.3) is 65.6 Å².